The molecule has 0 bridgehead atoms. The number of nitrogens with one attached hydrogen (secondary N) is 1. The predicted molar refractivity (Wildman–Crippen MR) is 96.7 cm³/mol. The lowest BCUT2D eigenvalue weighted by Gasteiger charge is -2.12. The van der Waals surface area contributed by atoms with Gasteiger partial charge in [-0.3, -0.25) is 4.79 Å². The Kier molecular flexibility index (Phi) is 9.10. The summed E-state index contributed by atoms with van der Waals surface area (Å²) in [6, 6.07) is 2.72. The van der Waals surface area contributed by atoms with Gasteiger partial charge in [-0.05, 0) is 42.8 Å². The maximum absolute atomic E-state index is 13.9. The number of hydrogen-bond donors (Lipinski definition) is 1. The van der Waals surface area contributed by atoms with E-state index in [0.29, 0.717) is 30.1 Å². The summed E-state index contributed by atoms with van der Waals surface area (Å²) in [4.78, 5) is 11.8. The van der Waals surface area contributed by atoms with Crippen molar-refractivity contribution in [3.8, 4) is 0 Å². The summed E-state index contributed by atoms with van der Waals surface area (Å²) in [5.41, 5.74) is 0.766. The van der Waals surface area contributed by atoms with E-state index in [0.717, 1.165) is 25.7 Å². The molecule has 1 N–H and O–H groups in total. The van der Waals surface area contributed by atoms with E-state index in [2.05, 4.69) is 12.2 Å². The molecule has 0 unspecified atom stereocenters. The minimum atomic E-state index is -0.554. The maximum atomic E-state index is 13.9. The molecule has 1 rings (SSSR count). The summed E-state index contributed by atoms with van der Waals surface area (Å²) in [5, 5.41) is 3.27. The van der Waals surface area contributed by atoms with Crippen molar-refractivity contribution in [2.75, 3.05) is 11.9 Å². The highest BCUT2D eigenvalue weighted by Gasteiger charge is 2.13. The Hall–Kier alpha value is -1.20. The third-order valence-electron chi connectivity index (χ3n) is 3.26. The van der Waals surface area contributed by atoms with Gasteiger partial charge in [0.15, 0.2) is 5.05 Å². The molecule has 0 heterocycles. The summed E-state index contributed by atoms with van der Waals surface area (Å²) in [5.74, 6) is -0.762. The van der Waals surface area contributed by atoms with Crippen LogP contribution >= 0.6 is 23.8 Å². The van der Waals surface area contributed by atoms with Crippen molar-refractivity contribution in [2.45, 2.75) is 52.4 Å². The molecule has 0 aliphatic heterocycles. The van der Waals surface area contributed by atoms with E-state index >= 15 is 0 Å². The number of carbonyl (C=O) groups excluding carboxylic acids is 1. The first kappa shape index (κ1) is 19.8. The van der Waals surface area contributed by atoms with Gasteiger partial charge in [-0.25, -0.2) is 4.39 Å². The van der Waals surface area contributed by atoms with Crippen LogP contribution in [0.25, 0.3) is 0 Å². The third kappa shape index (κ3) is 7.27. The van der Waals surface area contributed by atoms with Crippen molar-refractivity contribution in [2.24, 2.45) is 0 Å². The summed E-state index contributed by atoms with van der Waals surface area (Å²) in [6.45, 7) is 4.62. The molecule has 0 radical (unpaired) electrons. The largest absolute Gasteiger partial charge is 0.487 e. The number of anilines is 1. The van der Waals surface area contributed by atoms with E-state index in [1.54, 1.807) is 0 Å². The predicted octanol–water partition coefficient (Wildman–Crippen LogP) is 5.29. The molecule has 0 aliphatic rings. The van der Waals surface area contributed by atoms with Crippen LogP contribution in [0.15, 0.2) is 12.1 Å². The van der Waals surface area contributed by atoms with Crippen molar-refractivity contribution in [1.29, 1.82) is 0 Å². The van der Waals surface area contributed by atoms with Crippen molar-refractivity contribution in [1.82, 2.24) is 0 Å². The van der Waals surface area contributed by atoms with Gasteiger partial charge in [0.05, 0.1) is 12.3 Å². The van der Waals surface area contributed by atoms with Gasteiger partial charge in [-0.1, -0.05) is 38.3 Å². The van der Waals surface area contributed by atoms with E-state index in [1.807, 2.05) is 6.92 Å². The zero-order valence-corrected chi connectivity index (χ0v) is 15.2. The Morgan fingerprint density at radius 3 is 2.65 bits per heavy atom. The van der Waals surface area contributed by atoms with Gasteiger partial charge in [0, 0.05) is 17.9 Å². The molecule has 0 aliphatic carbocycles. The van der Waals surface area contributed by atoms with Crippen LogP contribution in [0.2, 0.25) is 5.02 Å². The highest BCUT2D eigenvalue weighted by atomic mass is 35.5. The number of halogens is 2. The summed E-state index contributed by atoms with van der Waals surface area (Å²) in [7, 11) is 0. The van der Waals surface area contributed by atoms with Crippen LogP contribution in [0, 0.1) is 5.82 Å². The van der Waals surface area contributed by atoms with Crippen LogP contribution in [0.5, 0.6) is 0 Å². The molecule has 23 heavy (non-hydrogen) atoms. The number of ether oxygens (including phenoxy) is 1. The number of carbonyl (C=O) groups is 1. The van der Waals surface area contributed by atoms with Crippen molar-refractivity contribution >= 4 is 40.5 Å². The van der Waals surface area contributed by atoms with E-state index in [9.17, 15) is 9.18 Å². The lowest BCUT2D eigenvalue weighted by Crippen LogP contribution is -2.13. The summed E-state index contributed by atoms with van der Waals surface area (Å²) >= 11 is 11.2. The molecule has 1 aromatic rings. The van der Waals surface area contributed by atoms with Gasteiger partial charge in [0.25, 0.3) is 0 Å². The number of unbranched alkanes of at least 4 members (excludes halogenated alkanes) is 2. The highest BCUT2D eigenvalue weighted by molar-refractivity contribution is 7.80. The van der Waals surface area contributed by atoms with Gasteiger partial charge in [-0.15, -0.1) is 0 Å². The van der Waals surface area contributed by atoms with Crippen molar-refractivity contribution in [3.63, 3.8) is 0 Å². The number of benzene rings is 1. The van der Waals surface area contributed by atoms with E-state index in [-0.39, 0.29) is 16.6 Å². The lowest BCUT2D eigenvalue weighted by atomic mass is 10.1. The van der Waals surface area contributed by atoms with Gasteiger partial charge in [-0.2, -0.15) is 0 Å². The zero-order chi connectivity index (χ0) is 17.2. The molecule has 1 amide bonds. The molecule has 0 fully saturated rings. The average molecular weight is 360 g/mol. The second-order valence-electron chi connectivity index (χ2n) is 5.33. The fraction of sp³-hybridized carbons (Fsp3) is 0.529. The molecule has 1 aromatic carbocycles. The SMILES string of the molecule is CCCCOC(=S)Cc1cc(NC(=O)CCCC)c(F)cc1Cl. The summed E-state index contributed by atoms with van der Waals surface area (Å²) in [6.07, 6.45) is 4.31. The van der Waals surface area contributed by atoms with Gasteiger partial charge < -0.3 is 10.1 Å². The first-order chi connectivity index (χ1) is 11.0. The Bertz CT molecular complexity index is 552. The normalized spacial score (nSPS) is 10.4. The second kappa shape index (κ2) is 10.6. The average Bonchev–Trinajstić information content (AvgIpc) is 2.50. The molecule has 3 nitrogen and oxygen atoms in total. The fourth-order valence-corrected chi connectivity index (χ4v) is 2.37. The molecule has 0 aromatic heterocycles. The Labute approximate surface area is 147 Å². The van der Waals surface area contributed by atoms with Crippen molar-refractivity contribution < 1.29 is 13.9 Å². The second-order valence-corrected chi connectivity index (χ2v) is 6.19. The lowest BCUT2D eigenvalue weighted by molar-refractivity contribution is -0.116. The van der Waals surface area contributed by atoms with E-state index < -0.39 is 5.82 Å². The smallest absolute Gasteiger partial charge is 0.224 e. The van der Waals surface area contributed by atoms with E-state index in [4.69, 9.17) is 28.6 Å². The quantitative estimate of drug-likeness (QED) is 0.480. The van der Waals surface area contributed by atoms with Crippen molar-refractivity contribution in [3.05, 3.63) is 28.5 Å². The van der Waals surface area contributed by atoms with Crippen LogP contribution < -0.4 is 5.32 Å². The molecule has 128 valence electrons. The van der Waals surface area contributed by atoms with Crippen LogP contribution in [0.3, 0.4) is 0 Å². The third-order valence-corrected chi connectivity index (χ3v) is 3.88. The minimum Gasteiger partial charge on any atom is -0.487 e. The monoisotopic (exact) mass is 359 g/mol. The van der Waals surface area contributed by atoms with Crippen LogP contribution in [-0.2, 0) is 16.0 Å². The molecular weight excluding hydrogens is 337 g/mol. The number of hydrogen-bond acceptors (Lipinski definition) is 3. The topological polar surface area (TPSA) is 38.3 Å². The maximum Gasteiger partial charge on any atom is 0.224 e. The number of thiocarbonyl (C=S) groups is 1. The van der Waals surface area contributed by atoms with Crippen LogP contribution in [0.4, 0.5) is 10.1 Å². The molecular formula is C17H23ClFNO2S. The molecule has 0 atom stereocenters. The summed E-state index contributed by atoms with van der Waals surface area (Å²) < 4.78 is 19.4. The van der Waals surface area contributed by atoms with E-state index in [1.165, 1.54) is 12.1 Å². The fourth-order valence-electron chi connectivity index (χ4n) is 1.91. The Balaban J connectivity index is 2.75. The standard InChI is InChI=1S/C17H23ClFNO2S/c1-3-5-7-16(21)20-15-9-12(13(18)11-14(15)19)10-17(23)22-8-6-4-2/h9,11H,3-8,10H2,1-2H3,(H,20,21). The Morgan fingerprint density at radius 1 is 1.30 bits per heavy atom. The van der Waals surface area contributed by atoms with Gasteiger partial charge >= 0.3 is 0 Å². The molecule has 0 saturated heterocycles. The molecule has 0 saturated carbocycles. The van der Waals surface area contributed by atoms with Crippen LogP contribution in [0.1, 0.15) is 51.5 Å². The van der Waals surface area contributed by atoms with Gasteiger partial charge in [0.2, 0.25) is 5.91 Å². The Morgan fingerprint density at radius 2 is 2.00 bits per heavy atom. The molecule has 6 heteroatoms. The number of amides is 1. The zero-order valence-electron chi connectivity index (χ0n) is 13.6. The highest BCUT2D eigenvalue weighted by Crippen LogP contribution is 2.25. The first-order valence-corrected chi connectivity index (χ1v) is 8.69. The first-order valence-electron chi connectivity index (χ1n) is 7.91. The van der Waals surface area contributed by atoms with Gasteiger partial charge in [0.1, 0.15) is 5.82 Å². The molecule has 0 spiro atoms. The minimum absolute atomic E-state index is 0.127. The number of rotatable bonds is 9. The van der Waals surface area contributed by atoms with Crippen LogP contribution in [-0.4, -0.2) is 17.6 Å².